The molecule has 2 amide bonds. The van der Waals surface area contributed by atoms with Crippen molar-refractivity contribution < 1.29 is 14.3 Å². The Hall–Kier alpha value is -2.15. The lowest BCUT2D eigenvalue weighted by Crippen LogP contribution is -2.39. The Morgan fingerprint density at radius 2 is 2.27 bits per heavy atom. The summed E-state index contributed by atoms with van der Waals surface area (Å²) in [6, 6.07) is 5.67. The lowest BCUT2D eigenvalue weighted by atomic mass is 10.2. The summed E-state index contributed by atoms with van der Waals surface area (Å²) in [5, 5.41) is 0. The van der Waals surface area contributed by atoms with Crippen molar-refractivity contribution in [2.24, 2.45) is 0 Å². The molecular weight excluding hydrogens is 302 g/mol. The van der Waals surface area contributed by atoms with Crippen molar-refractivity contribution in [1.29, 1.82) is 0 Å². The first-order valence-electron chi connectivity index (χ1n) is 7.28. The lowest BCUT2D eigenvalue weighted by Gasteiger charge is -2.21. The fourth-order valence-corrected chi connectivity index (χ4v) is 3.80. The van der Waals surface area contributed by atoms with Gasteiger partial charge in [-0.1, -0.05) is 0 Å². The average molecular weight is 317 g/mol. The van der Waals surface area contributed by atoms with Crippen LogP contribution < -0.4 is 0 Å². The summed E-state index contributed by atoms with van der Waals surface area (Å²) in [5.74, 6) is 0.0189. The van der Waals surface area contributed by atoms with Crippen molar-refractivity contribution in [2.45, 2.75) is 12.5 Å². The zero-order chi connectivity index (χ0) is 15.1. The molecule has 0 aliphatic carbocycles. The number of nitrogens with zero attached hydrogens (tertiary/aromatic N) is 3. The molecule has 0 spiro atoms. The van der Waals surface area contributed by atoms with Crippen LogP contribution in [0.15, 0.2) is 23.7 Å². The summed E-state index contributed by atoms with van der Waals surface area (Å²) in [6.07, 6.45) is 0.550. The van der Waals surface area contributed by atoms with Crippen molar-refractivity contribution in [3.05, 3.63) is 29.3 Å². The summed E-state index contributed by atoms with van der Waals surface area (Å²) in [6.45, 7) is 2.33. The van der Waals surface area contributed by atoms with Gasteiger partial charge in [0.25, 0.3) is 5.91 Å². The quantitative estimate of drug-likeness (QED) is 0.849. The van der Waals surface area contributed by atoms with Crippen LogP contribution in [0.3, 0.4) is 0 Å². The van der Waals surface area contributed by atoms with Gasteiger partial charge in [-0.2, -0.15) is 0 Å². The highest BCUT2D eigenvalue weighted by Gasteiger charge is 2.36. The molecule has 0 radical (unpaired) electrons. The highest BCUT2D eigenvalue weighted by Crippen LogP contribution is 2.23. The molecule has 1 unspecified atom stereocenters. The van der Waals surface area contributed by atoms with Gasteiger partial charge in [-0.25, -0.2) is 9.78 Å². The number of fused-ring (bicyclic) bond motifs is 1. The van der Waals surface area contributed by atoms with Crippen molar-refractivity contribution in [3.63, 3.8) is 0 Å². The smallest absolute Gasteiger partial charge is 0.410 e. The molecule has 22 heavy (non-hydrogen) atoms. The first kappa shape index (κ1) is 13.5. The molecule has 0 N–H and O–H groups in total. The number of likely N-dealkylation sites (tertiary alicyclic amines) is 1. The molecule has 114 valence electrons. The largest absolute Gasteiger partial charge is 0.448 e. The van der Waals surface area contributed by atoms with Gasteiger partial charge in [0.2, 0.25) is 0 Å². The number of hydrogen-bond donors (Lipinski definition) is 0. The maximum Gasteiger partial charge on any atom is 0.410 e. The SMILES string of the molecule is O=C(c1ccc2ncsc2c1)N1CCC(N2CCOC2=O)C1. The Labute approximate surface area is 131 Å². The number of ether oxygens (including phenoxy) is 1. The molecule has 2 aliphatic heterocycles. The first-order chi connectivity index (χ1) is 10.7. The average Bonchev–Trinajstić information content (AvgIpc) is 3.25. The van der Waals surface area contributed by atoms with Crippen molar-refractivity contribution >= 4 is 33.6 Å². The summed E-state index contributed by atoms with van der Waals surface area (Å²) >= 11 is 1.53. The predicted octanol–water partition coefficient (Wildman–Crippen LogP) is 1.96. The highest BCUT2D eigenvalue weighted by atomic mass is 32.1. The fourth-order valence-electron chi connectivity index (χ4n) is 3.09. The van der Waals surface area contributed by atoms with Crippen LogP contribution in [0.25, 0.3) is 10.2 Å². The van der Waals surface area contributed by atoms with Crippen LogP contribution in [0.4, 0.5) is 4.79 Å². The van der Waals surface area contributed by atoms with E-state index in [2.05, 4.69) is 4.98 Å². The van der Waals surface area contributed by atoms with Crippen LogP contribution >= 0.6 is 11.3 Å². The number of carbonyl (C=O) groups excluding carboxylic acids is 2. The van der Waals surface area contributed by atoms with Gasteiger partial charge in [0, 0.05) is 18.7 Å². The third-order valence-electron chi connectivity index (χ3n) is 4.26. The summed E-state index contributed by atoms with van der Waals surface area (Å²) < 4.78 is 5.99. The second-order valence-corrected chi connectivity index (χ2v) is 6.42. The zero-order valence-corrected chi connectivity index (χ0v) is 12.7. The molecule has 0 bridgehead atoms. The van der Waals surface area contributed by atoms with Crippen molar-refractivity contribution in [2.75, 3.05) is 26.2 Å². The lowest BCUT2D eigenvalue weighted by molar-refractivity contribution is 0.0780. The Morgan fingerprint density at radius 1 is 1.36 bits per heavy atom. The van der Waals surface area contributed by atoms with Crippen LogP contribution in [0.2, 0.25) is 0 Å². The second-order valence-electron chi connectivity index (χ2n) is 5.54. The van der Waals surface area contributed by atoms with Gasteiger partial charge in [0.1, 0.15) is 6.61 Å². The van der Waals surface area contributed by atoms with Crippen LogP contribution in [0.5, 0.6) is 0 Å². The predicted molar refractivity (Wildman–Crippen MR) is 82.0 cm³/mol. The summed E-state index contributed by atoms with van der Waals surface area (Å²) in [4.78, 5) is 32.0. The second kappa shape index (κ2) is 5.24. The van der Waals surface area contributed by atoms with Gasteiger partial charge >= 0.3 is 6.09 Å². The first-order valence-corrected chi connectivity index (χ1v) is 8.16. The van der Waals surface area contributed by atoms with Gasteiger partial charge in [0.15, 0.2) is 0 Å². The molecule has 1 aromatic heterocycles. The maximum absolute atomic E-state index is 12.6. The summed E-state index contributed by atoms with van der Waals surface area (Å²) in [5.41, 5.74) is 3.38. The van der Waals surface area contributed by atoms with E-state index in [-0.39, 0.29) is 18.0 Å². The van der Waals surface area contributed by atoms with E-state index in [4.69, 9.17) is 4.74 Å². The third kappa shape index (κ3) is 2.21. The highest BCUT2D eigenvalue weighted by molar-refractivity contribution is 7.16. The molecule has 4 rings (SSSR count). The molecule has 2 saturated heterocycles. The van der Waals surface area contributed by atoms with E-state index in [0.717, 1.165) is 16.6 Å². The molecule has 1 atom stereocenters. The van der Waals surface area contributed by atoms with E-state index < -0.39 is 0 Å². The molecule has 3 heterocycles. The number of hydrogen-bond acceptors (Lipinski definition) is 5. The van der Waals surface area contributed by atoms with Crippen molar-refractivity contribution in [1.82, 2.24) is 14.8 Å². The molecular formula is C15H15N3O3S. The van der Waals surface area contributed by atoms with Crippen LogP contribution in [0.1, 0.15) is 16.8 Å². The number of benzene rings is 1. The Kier molecular flexibility index (Phi) is 3.22. The van der Waals surface area contributed by atoms with E-state index in [1.165, 1.54) is 11.3 Å². The van der Waals surface area contributed by atoms with Gasteiger partial charge < -0.3 is 9.64 Å². The third-order valence-corrected chi connectivity index (χ3v) is 5.05. The van der Waals surface area contributed by atoms with Crippen LogP contribution in [-0.4, -0.2) is 59.1 Å². The normalized spacial score (nSPS) is 21.6. The molecule has 2 aromatic rings. The minimum Gasteiger partial charge on any atom is -0.448 e. The monoisotopic (exact) mass is 317 g/mol. The Balaban J connectivity index is 1.50. The number of cyclic esters (lactones) is 1. The molecule has 7 heteroatoms. The molecule has 6 nitrogen and oxygen atoms in total. The number of carbonyl (C=O) groups is 2. The molecule has 2 aliphatic rings. The number of amides is 2. The minimum absolute atomic E-state index is 0.0189. The Bertz CT molecular complexity index is 744. The van der Waals surface area contributed by atoms with Crippen LogP contribution in [0, 0.1) is 0 Å². The number of thiazole rings is 1. The van der Waals surface area contributed by atoms with Gasteiger partial charge in [-0.05, 0) is 24.6 Å². The fraction of sp³-hybridized carbons (Fsp3) is 0.400. The molecule has 2 fully saturated rings. The van der Waals surface area contributed by atoms with E-state index in [1.54, 1.807) is 10.4 Å². The number of aromatic nitrogens is 1. The maximum atomic E-state index is 12.6. The van der Waals surface area contributed by atoms with E-state index in [9.17, 15) is 9.59 Å². The number of rotatable bonds is 2. The van der Waals surface area contributed by atoms with Gasteiger partial charge in [-0.3, -0.25) is 9.69 Å². The molecule has 0 saturated carbocycles. The van der Waals surface area contributed by atoms with Crippen LogP contribution in [-0.2, 0) is 4.74 Å². The summed E-state index contributed by atoms with van der Waals surface area (Å²) in [7, 11) is 0. The Morgan fingerprint density at radius 3 is 3.09 bits per heavy atom. The van der Waals surface area contributed by atoms with Gasteiger partial charge in [0.05, 0.1) is 28.3 Å². The standard InChI is InChI=1S/C15H15N3O3S/c19-14(10-1-2-12-13(7-10)22-9-16-12)17-4-3-11(8-17)18-5-6-21-15(18)20/h1-2,7,9,11H,3-6,8H2. The zero-order valence-electron chi connectivity index (χ0n) is 11.9. The van der Waals surface area contributed by atoms with E-state index in [1.807, 2.05) is 23.1 Å². The van der Waals surface area contributed by atoms with Gasteiger partial charge in [-0.15, -0.1) is 11.3 Å². The van der Waals surface area contributed by atoms with Crippen molar-refractivity contribution in [3.8, 4) is 0 Å². The minimum atomic E-state index is -0.259. The van der Waals surface area contributed by atoms with E-state index in [0.29, 0.717) is 31.8 Å². The van der Waals surface area contributed by atoms with E-state index >= 15 is 0 Å². The topological polar surface area (TPSA) is 62.7 Å². The molecule has 1 aromatic carbocycles.